The summed E-state index contributed by atoms with van der Waals surface area (Å²) in [5, 5.41) is 8.90. The molecule has 0 aliphatic rings. The van der Waals surface area contributed by atoms with Gasteiger partial charge in [-0.05, 0) is 24.1 Å². The average Bonchev–Trinajstić information content (AvgIpc) is 2.25. The summed E-state index contributed by atoms with van der Waals surface area (Å²) in [5.41, 5.74) is 2.18. The first-order chi connectivity index (χ1) is 7.10. The van der Waals surface area contributed by atoms with E-state index in [1.165, 1.54) is 7.11 Å². The van der Waals surface area contributed by atoms with Crippen LogP contribution in [0, 0.1) is 18.3 Å². The predicted octanol–water partition coefficient (Wildman–Crippen LogP) is 2.34. The first kappa shape index (κ1) is 11.7. The molecule has 0 fully saturated rings. The van der Waals surface area contributed by atoms with Gasteiger partial charge in [-0.3, -0.25) is 4.79 Å². The van der Waals surface area contributed by atoms with Crippen molar-refractivity contribution < 1.29 is 9.53 Å². The van der Waals surface area contributed by atoms with E-state index < -0.39 is 0 Å². The van der Waals surface area contributed by atoms with Crippen molar-refractivity contribution in [3.8, 4) is 6.07 Å². The molecular formula is C11H10BrNO2. The molecule has 15 heavy (non-hydrogen) atoms. The van der Waals surface area contributed by atoms with Crippen LogP contribution in [0.5, 0.6) is 0 Å². The zero-order valence-corrected chi connectivity index (χ0v) is 10.1. The van der Waals surface area contributed by atoms with Gasteiger partial charge in [-0.1, -0.05) is 22.0 Å². The summed E-state index contributed by atoms with van der Waals surface area (Å²) >= 11 is 3.37. The molecule has 0 spiro atoms. The van der Waals surface area contributed by atoms with Crippen LogP contribution in [0.2, 0.25) is 0 Å². The fourth-order valence-corrected chi connectivity index (χ4v) is 1.72. The number of benzene rings is 1. The highest BCUT2D eigenvalue weighted by atomic mass is 79.9. The molecule has 0 aliphatic heterocycles. The zero-order valence-electron chi connectivity index (χ0n) is 8.50. The Morgan fingerprint density at radius 2 is 2.27 bits per heavy atom. The van der Waals surface area contributed by atoms with Crippen LogP contribution in [0.15, 0.2) is 16.6 Å². The first-order valence-corrected chi connectivity index (χ1v) is 5.14. The quantitative estimate of drug-likeness (QED) is 0.773. The molecule has 0 aliphatic carbocycles. The van der Waals surface area contributed by atoms with Crippen LogP contribution in [0.4, 0.5) is 0 Å². The van der Waals surface area contributed by atoms with Gasteiger partial charge in [0.2, 0.25) is 0 Å². The number of esters is 1. The minimum atomic E-state index is -0.349. The number of rotatable bonds is 2. The molecule has 0 aromatic heterocycles. The van der Waals surface area contributed by atoms with Crippen molar-refractivity contribution in [2.45, 2.75) is 13.3 Å². The molecule has 0 N–H and O–H groups in total. The number of ether oxygens (including phenoxy) is 1. The molecule has 1 aromatic rings. The Morgan fingerprint density at radius 3 is 2.80 bits per heavy atom. The summed E-state index contributed by atoms with van der Waals surface area (Å²) in [4.78, 5) is 11.2. The molecule has 0 bridgehead atoms. The van der Waals surface area contributed by atoms with E-state index in [0.29, 0.717) is 11.1 Å². The molecule has 78 valence electrons. The monoisotopic (exact) mass is 267 g/mol. The van der Waals surface area contributed by atoms with E-state index in [4.69, 9.17) is 5.26 Å². The van der Waals surface area contributed by atoms with Gasteiger partial charge in [0.15, 0.2) is 0 Å². The Bertz CT molecular complexity index is 435. The van der Waals surface area contributed by atoms with Gasteiger partial charge in [-0.15, -0.1) is 0 Å². The van der Waals surface area contributed by atoms with Crippen LogP contribution in [0.25, 0.3) is 0 Å². The summed E-state index contributed by atoms with van der Waals surface area (Å²) in [7, 11) is 1.33. The van der Waals surface area contributed by atoms with Crippen LogP contribution in [0.1, 0.15) is 16.7 Å². The highest BCUT2D eigenvalue weighted by molar-refractivity contribution is 9.10. The van der Waals surface area contributed by atoms with Gasteiger partial charge in [-0.2, -0.15) is 5.26 Å². The maximum absolute atomic E-state index is 11.2. The molecule has 0 unspecified atom stereocenters. The van der Waals surface area contributed by atoms with Crippen LogP contribution in [-0.2, 0) is 16.0 Å². The minimum Gasteiger partial charge on any atom is -0.469 e. The van der Waals surface area contributed by atoms with Crippen LogP contribution in [-0.4, -0.2) is 13.1 Å². The van der Waals surface area contributed by atoms with Crippen molar-refractivity contribution in [3.05, 3.63) is 33.3 Å². The third-order valence-corrected chi connectivity index (χ3v) is 3.21. The molecular weight excluding hydrogens is 258 g/mol. The molecule has 0 heterocycles. The molecule has 0 amide bonds. The Labute approximate surface area is 96.8 Å². The van der Waals surface area contributed by atoms with Gasteiger partial charge >= 0.3 is 5.97 Å². The Hall–Kier alpha value is -1.34. The number of aryl methyl sites for hydroxylation is 1. The fraction of sp³-hybridized carbons (Fsp3) is 0.273. The van der Waals surface area contributed by atoms with Crippen molar-refractivity contribution in [3.63, 3.8) is 0 Å². The molecule has 1 rings (SSSR count). The van der Waals surface area contributed by atoms with E-state index in [2.05, 4.69) is 26.7 Å². The molecule has 0 atom stereocenters. The number of carbonyl (C=O) groups excluding carboxylic acids is 1. The summed E-state index contributed by atoms with van der Waals surface area (Å²) in [5.74, 6) is -0.349. The summed E-state index contributed by atoms with van der Waals surface area (Å²) in [6, 6.07) is 5.60. The summed E-state index contributed by atoms with van der Waals surface area (Å²) in [6.07, 6.45) is 0.113. The van der Waals surface area contributed by atoms with Gasteiger partial charge in [-0.25, -0.2) is 0 Å². The third kappa shape index (κ3) is 2.57. The van der Waals surface area contributed by atoms with Crippen molar-refractivity contribution in [1.82, 2.24) is 0 Å². The van der Waals surface area contributed by atoms with E-state index in [1.807, 2.05) is 13.0 Å². The van der Waals surface area contributed by atoms with Crippen molar-refractivity contribution in [1.29, 1.82) is 5.26 Å². The largest absolute Gasteiger partial charge is 0.469 e. The highest BCUT2D eigenvalue weighted by Crippen LogP contribution is 2.25. The Morgan fingerprint density at radius 1 is 1.60 bits per heavy atom. The Kier molecular flexibility index (Phi) is 3.87. The predicted molar refractivity (Wildman–Crippen MR) is 59.3 cm³/mol. The minimum absolute atomic E-state index is 0.113. The molecule has 0 saturated heterocycles. The summed E-state index contributed by atoms with van der Waals surface area (Å²) < 4.78 is 5.38. The van der Waals surface area contributed by atoms with E-state index in [1.54, 1.807) is 6.07 Å². The average molecular weight is 268 g/mol. The van der Waals surface area contributed by atoms with Crippen LogP contribution < -0.4 is 0 Å². The van der Waals surface area contributed by atoms with Crippen molar-refractivity contribution >= 4 is 21.9 Å². The molecule has 0 radical (unpaired) electrons. The van der Waals surface area contributed by atoms with Crippen molar-refractivity contribution in [2.24, 2.45) is 0 Å². The van der Waals surface area contributed by atoms with Crippen molar-refractivity contribution in [2.75, 3.05) is 7.11 Å². The standard InChI is InChI=1S/C11H10BrNO2/c1-7-3-4-8(6-13)9(11(7)12)5-10(14)15-2/h3-4H,5H2,1-2H3. The van der Waals surface area contributed by atoms with E-state index in [9.17, 15) is 4.79 Å². The van der Waals surface area contributed by atoms with Gasteiger partial charge in [0, 0.05) is 4.47 Å². The number of carbonyl (C=O) groups is 1. The van der Waals surface area contributed by atoms with Gasteiger partial charge in [0.25, 0.3) is 0 Å². The van der Waals surface area contributed by atoms with Crippen LogP contribution >= 0.6 is 15.9 Å². The molecule has 4 heteroatoms. The number of nitriles is 1. The SMILES string of the molecule is COC(=O)Cc1c(C#N)ccc(C)c1Br. The van der Waals surface area contributed by atoms with E-state index >= 15 is 0 Å². The van der Waals surface area contributed by atoms with Gasteiger partial charge in [0.05, 0.1) is 25.2 Å². The molecule has 1 aromatic carbocycles. The summed E-state index contributed by atoms with van der Waals surface area (Å²) in [6.45, 7) is 1.91. The highest BCUT2D eigenvalue weighted by Gasteiger charge is 2.13. The normalized spacial score (nSPS) is 9.47. The lowest BCUT2D eigenvalue weighted by atomic mass is 10.0. The van der Waals surface area contributed by atoms with Gasteiger partial charge < -0.3 is 4.74 Å². The number of methoxy groups -OCH3 is 1. The number of hydrogen-bond donors (Lipinski definition) is 0. The first-order valence-electron chi connectivity index (χ1n) is 4.35. The second-order valence-electron chi connectivity index (χ2n) is 3.09. The zero-order chi connectivity index (χ0) is 11.4. The van der Waals surface area contributed by atoms with Gasteiger partial charge in [0.1, 0.15) is 0 Å². The molecule has 3 nitrogen and oxygen atoms in total. The van der Waals surface area contributed by atoms with E-state index in [-0.39, 0.29) is 12.4 Å². The Balaban J connectivity index is 3.19. The second kappa shape index (κ2) is 4.94. The maximum Gasteiger partial charge on any atom is 0.310 e. The lowest BCUT2D eigenvalue weighted by Gasteiger charge is -2.07. The van der Waals surface area contributed by atoms with E-state index in [0.717, 1.165) is 10.0 Å². The number of nitrogens with zero attached hydrogens (tertiary/aromatic N) is 1. The lowest BCUT2D eigenvalue weighted by molar-refractivity contribution is -0.139. The lowest BCUT2D eigenvalue weighted by Crippen LogP contribution is -2.07. The number of halogens is 1. The fourth-order valence-electron chi connectivity index (χ4n) is 1.23. The molecule has 0 saturated carbocycles. The smallest absolute Gasteiger partial charge is 0.310 e. The third-order valence-electron chi connectivity index (χ3n) is 2.11. The maximum atomic E-state index is 11.2. The topological polar surface area (TPSA) is 50.1 Å². The number of hydrogen-bond acceptors (Lipinski definition) is 3. The van der Waals surface area contributed by atoms with Crippen LogP contribution in [0.3, 0.4) is 0 Å². The second-order valence-corrected chi connectivity index (χ2v) is 3.88.